The van der Waals surface area contributed by atoms with Gasteiger partial charge in [0.15, 0.2) is 0 Å². The molecular formula is C27H43N3O5. The Morgan fingerprint density at radius 3 is 2.29 bits per heavy atom. The Bertz CT molecular complexity index is 887. The van der Waals surface area contributed by atoms with Crippen LogP contribution in [0.15, 0.2) is 18.2 Å². The van der Waals surface area contributed by atoms with Crippen molar-refractivity contribution in [2.24, 2.45) is 5.92 Å². The third-order valence-corrected chi connectivity index (χ3v) is 6.28. The van der Waals surface area contributed by atoms with E-state index in [0.29, 0.717) is 11.1 Å². The maximum absolute atomic E-state index is 13.8. The summed E-state index contributed by atoms with van der Waals surface area (Å²) in [4.78, 5) is 41.4. The summed E-state index contributed by atoms with van der Waals surface area (Å²) >= 11 is 0. The molecule has 0 saturated heterocycles. The van der Waals surface area contributed by atoms with E-state index < -0.39 is 23.8 Å². The summed E-state index contributed by atoms with van der Waals surface area (Å²) in [6.45, 7) is 12.8. The van der Waals surface area contributed by atoms with E-state index in [4.69, 9.17) is 4.74 Å². The van der Waals surface area contributed by atoms with Crippen molar-refractivity contribution in [3.05, 3.63) is 29.3 Å². The SMILES string of the molecule is CCN(C(=O)C(NC(=O)OC(C)(C)C)C(C)C)C(C(=O)NC1CCCCC1)c1ccc(O)c(C)c1. The first-order valence-corrected chi connectivity index (χ1v) is 12.7. The fourth-order valence-electron chi connectivity index (χ4n) is 4.44. The van der Waals surface area contributed by atoms with Gasteiger partial charge in [-0.2, -0.15) is 0 Å². The van der Waals surface area contributed by atoms with E-state index in [1.165, 1.54) is 11.3 Å². The average Bonchev–Trinajstić information content (AvgIpc) is 2.76. The molecule has 8 nitrogen and oxygen atoms in total. The number of hydrogen-bond donors (Lipinski definition) is 3. The normalized spacial score (nSPS) is 16.3. The maximum Gasteiger partial charge on any atom is 0.408 e. The fraction of sp³-hybridized carbons (Fsp3) is 0.667. The standard InChI is InChI=1S/C27H43N3O5/c1-8-30(25(33)22(17(2)3)29-26(34)35-27(5,6)7)23(19-14-15-21(31)18(4)16-19)24(32)28-20-12-10-9-11-13-20/h14-17,20,22-23,31H,8-13H2,1-7H3,(H,28,32)(H,29,34). The van der Waals surface area contributed by atoms with Gasteiger partial charge < -0.3 is 25.4 Å². The molecule has 2 rings (SSSR count). The number of nitrogens with one attached hydrogen (secondary N) is 2. The number of hydrogen-bond acceptors (Lipinski definition) is 5. The minimum atomic E-state index is -0.893. The Labute approximate surface area is 209 Å². The zero-order chi connectivity index (χ0) is 26.3. The fourth-order valence-corrected chi connectivity index (χ4v) is 4.44. The molecule has 1 saturated carbocycles. The van der Waals surface area contributed by atoms with Gasteiger partial charge in [-0.3, -0.25) is 9.59 Å². The molecular weight excluding hydrogens is 446 g/mol. The topological polar surface area (TPSA) is 108 Å². The average molecular weight is 490 g/mol. The monoisotopic (exact) mass is 489 g/mol. The van der Waals surface area contributed by atoms with E-state index in [2.05, 4.69) is 10.6 Å². The predicted molar refractivity (Wildman–Crippen MR) is 136 cm³/mol. The number of carbonyl (C=O) groups is 3. The third-order valence-electron chi connectivity index (χ3n) is 6.28. The largest absolute Gasteiger partial charge is 0.508 e. The Kier molecular flexibility index (Phi) is 9.98. The van der Waals surface area contributed by atoms with E-state index in [9.17, 15) is 19.5 Å². The van der Waals surface area contributed by atoms with Crippen molar-refractivity contribution < 1.29 is 24.2 Å². The molecule has 0 aromatic heterocycles. The van der Waals surface area contributed by atoms with Gasteiger partial charge in [-0.05, 0) is 76.6 Å². The van der Waals surface area contributed by atoms with Crippen LogP contribution in [0.5, 0.6) is 5.75 Å². The smallest absolute Gasteiger partial charge is 0.408 e. The highest BCUT2D eigenvalue weighted by Crippen LogP contribution is 2.28. The molecule has 0 radical (unpaired) electrons. The van der Waals surface area contributed by atoms with Crippen LogP contribution in [-0.2, 0) is 14.3 Å². The number of alkyl carbamates (subject to hydrolysis) is 1. The van der Waals surface area contributed by atoms with E-state index in [0.717, 1.165) is 25.7 Å². The molecule has 1 aromatic carbocycles. The van der Waals surface area contributed by atoms with Crippen LogP contribution in [0.2, 0.25) is 0 Å². The lowest BCUT2D eigenvalue weighted by molar-refractivity contribution is -0.143. The highest BCUT2D eigenvalue weighted by atomic mass is 16.6. The second-order valence-electron chi connectivity index (χ2n) is 10.8. The zero-order valence-electron chi connectivity index (χ0n) is 22.3. The number of aryl methyl sites for hydroxylation is 1. The molecule has 0 bridgehead atoms. The first-order valence-electron chi connectivity index (χ1n) is 12.7. The van der Waals surface area contributed by atoms with Gasteiger partial charge in [-0.25, -0.2) is 4.79 Å². The Hall–Kier alpha value is -2.77. The van der Waals surface area contributed by atoms with Gasteiger partial charge in [0.2, 0.25) is 11.8 Å². The van der Waals surface area contributed by atoms with Gasteiger partial charge in [0.1, 0.15) is 23.4 Å². The van der Waals surface area contributed by atoms with Crippen molar-refractivity contribution in [1.82, 2.24) is 15.5 Å². The second kappa shape index (κ2) is 12.3. The minimum Gasteiger partial charge on any atom is -0.508 e. The lowest BCUT2D eigenvalue weighted by atomic mass is 9.94. The van der Waals surface area contributed by atoms with Gasteiger partial charge in [0.25, 0.3) is 0 Å². The van der Waals surface area contributed by atoms with Crippen LogP contribution in [-0.4, -0.2) is 52.1 Å². The molecule has 2 atom stereocenters. The van der Waals surface area contributed by atoms with Crippen molar-refractivity contribution >= 4 is 17.9 Å². The molecule has 196 valence electrons. The second-order valence-corrected chi connectivity index (χ2v) is 10.8. The number of nitrogens with zero attached hydrogens (tertiary/aromatic N) is 1. The van der Waals surface area contributed by atoms with Gasteiger partial charge in [-0.1, -0.05) is 39.2 Å². The lowest BCUT2D eigenvalue weighted by Crippen LogP contribution is -2.55. The molecule has 0 spiro atoms. The highest BCUT2D eigenvalue weighted by molar-refractivity contribution is 5.92. The molecule has 35 heavy (non-hydrogen) atoms. The van der Waals surface area contributed by atoms with E-state index in [1.54, 1.807) is 45.9 Å². The number of likely N-dealkylation sites (N-methyl/N-ethyl adjacent to an activating group) is 1. The van der Waals surface area contributed by atoms with Gasteiger partial charge in [-0.15, -0.1) is 0 Å². The molecule has 0 heterocycles. The Morgan fingerprint density at radius 1 is 1.14 bits per heavy atom. The van der Waals surface area contributed by atoms with Crippen LogP contribution in [0, 0.1) is 12.8 Å². The number of phenols is 1. The molecule has 1 aromatic rings. The number of phenolic OH excluding ortho intramolecular Hbond substituents is 1. The third kappa shape index (κ3) is 8.15. The number of carbonyl (C=O) groups excluding carboxylic acids is 3. The van der Waals surface area contributed by atoms with Crippen LogP contribution < -0.4 is 10.6 Å². The van der Waals surface area contributed by atoms with E-state index in [1.807, 2.05) is 20.8 Å². The summed E-state index contributed by atoms with van der Waals surface area (Å²) < 4.78 is 5.38. The summed E-state index contributed by atoms with van der Waals surface area (Å²) in [6, 6.07) is 3.27. The summed E-state index contributed by atoms with van der Waals surface area (Å²) in [5.74, 6) is -0.714. The molecule has 1 fully saturated rings. The molecule has 0 aliphatic heterocycles. The maximum atomic E-state index is 13.8. The molecule has 1 aliphatic rings. The summed E-state index contributed by atoms with van der Waals surface area (Å²) in [5.41, 5.74) is 0.530. The van der Waals surface area contributed by atoms with Gasteiger partial charge in [0.05, 0.1) is 0 Å². The van der Waals surface area contributed by atoms with Gasteiger partial charge in [0, 0.05) is 12.6 Å². The van der Waals surface area contributed by atoms with Crippen LogP contribution in [0.25, 0.3) is 0 Å². The number of benzene rings is 1. The van der Waals surface area contributed by atoms with Crippen LogP contribution in [0.1, 0.15) is 90.8 Å². The Balaban J connectivity index is 2.39. The molecule has 8 heteroatoms. The number of ether oxygens (including phenoxy) is 1. The molecule has 3 amide bonds. The van der Waals surface area contributed by atoms with Crippen molar-refractivity contribution in [2.45, 2.75) is 104 Å². The number of rotatable bonds is 8. The first kappa shape index (κ1) is 28.5. The van der Waals surface area contributed by atoms with Crippen LogP contribution >= 0.6 is 0 Å². The molecule has 3 N–H and O–H groups in total. The van der Waals surface area contributed by atoms with Gasteiger partial charge >= 0.3 is 6.09 Å². The summed E-state index contributed by atoms with van der Waals surface area (Å²) in [6.07, 6.45) is 4.46. The van der Waals surface area contributed by atoms with Crippen molar-refractivity contribution in [1.29, 1.82) is 0 Å². The first-order chi connectivity index (χ1) is 16.3. The lowest BCUT2D eigenvalue weighted by Gasteiger charge is -2.36. The summed E-state index contributed by atoms with van der Waals surface area (Å²) in [7, 11) is 0. The van der Waals surface area contributed by atoms with E-state index in [-0.39, 0.29) is 36.1 Å². The van der Waals surface area contributed by atoms with Crippen molar-refractivity contribution in [2.75, 3.05) is 6.54 Å². The number of amides is 3. The molecule has 1 aliphatic carbocycles. The number of aromatic hydroxyl groups is 1. The minimum absolute atomic E-state index is 0.0755. The summed E-state index contributed by atoms with van der Waals surface area (Å²) in [5, 5.41) is 15.9. The highest BCUT2D eigenvalue weighted by Gasteiger charge is 2.37. The van der Waals surface area contributed by atoms with E-state index >= 15 is 0 Å². The zero-order valence-corrected chi connectivity index (χ0v) is 22.3. The quantitative estimate of drug-likeness (QED) is 0.495. The Morgan fingerprint density at radius 2 is 1.77 bits per heavy atom. The van der Waals surface area contributed by atoms with Crippen molar-refractivity contribution in [3.63, 3.8) is 0 Å². The van der Waals surface area contributed by atoms with Crippen LogP contribution in [0.4, 0.5) is 4.79 Å². The van der Waals surface area contributed by atoms with Crippen molar-refractivity contribution in [3.8, 4) is 5.75 Å². The predicted octanol–water partition coefficient (Wildman–Crippen LogP) is 4.59. The van der Waals surface area contributed by atoms with Crippen LogP contribution in [0.3, 0.4) is 0 Å². The molecule has 2 unspecified atom stereocenters.